The molecule has 5 heteroatoms. The molecule has 1 saturated heterocycles. The van der Waals surface area contributed by atoms with Crippen molar-refractivity contribution in [1.29, 1.82) is 0 Å². The number of amides is 2. The third-order valence-corrected chi connectivity index (χ3v) is 4.43. The Labute approximate surface area is 128 Å². The predicted molar refractivity (Wildman–Crippen MR) is 82.4 cm³/mol. The van der Waals surface area contributed by atoms with Crippen LogP contribution in [0.5, 0.6) is 0 Å². The van der Waals surface area contributed by atoms with E-state index in [-0.39, 0.29) is 11.6 Å². The number of ether oxygens (including phenoxy) is 1. The second kappa shape index (κ2) is 5.10. The van der Waals surface area contributed by atoms with Crippen LogP contribution in [-0.2, 0) is 16.9 Å². The summed E-state index contributed by atoms with van der Waals surface area (Å²) in [5.74, 6) is 0.571. The van der Waals surface area contributed by atoms with Gasteiger partial charge in [-0.1, -0.05) is 30.3 Å². The lowest BCUT2D eigenvalue weighted by Crippen LogP contribution is -2.37. The molecule has 1 unspecified atom stereocenters. The molecule has 1 aromatic heterocycles. The number of carbonyl (C=O) groups excluding carboxylic acids is 1. The standard InChI is InChI=1S/C17H17N3O2/c21-16(19-15-7-3-4-9-18-15)20-10-8-17(12-20)14-6-2-1-5-13(14)11-22-17/h1-7,9H,8,10-12H2,(H,18,19,21). The molecule has 2 aliphatic heterocycles. The van der Waals surface area contributed by atoms with Gasteiger partial charge in [0.15, 0.2) is 0 Å². The number of benzene rings is 1. The highest BCUT2D eigenvalue weighted by Gasteiger charge is 2.46. The lowest BCUT2D eigenvalue weighted by Gasteiger charge is -2.24. The third kappa shape index (κ3) is 2.14. The molecule has 5 nitrogen and oxygen atoms in total. The molecule has 1 N–H and O–H groups in total. The number of fused-ring (bicyclic) bond motifs is 2. The van der Waals surface area contributed by atoms with Crippen molar-refractivity contribution in [1.82, 2.24) is 9.88 Å². The number of carbonyl (C=O) groups is 1. The van der Waals surface area contributed by atoms with Gasteiger partial charge in [-0.25, -0.2) is 9.78 Å². The van der Waals surface area contributed by atoms with Gasteiger partial charge in [-0.3, -0.25) is 5.32 Å². The number of urea groups is 1. The number of anilines is 1. The maximum Gasteiger partial charge on any atom is 0.323 e. The molecular formula is C17H17N3O2. The molecule has 1 fully saturated rings. The van der Waals surface area contributed by atoms with E-state index in [0.29, 0.717) is 25.5 Å². The fourth-order valence-corrected chi connectivity index (χ4v) is 3.30. The molecule has 2 amide bonds. The molecule has 0 saturated carbocycles. The fourth-order valence-electron chi connectivity index (χ4n) is 3.30. The molecular weight excluding hydrogens is 278 g/mol. The topological polar surface area (TPSA) is 54.5 Å². The summed E-state index contributed by atoms with van der Waals surface area (Å²) >= 11 is 0. The maximum atomic E-state index is 12.4. The SMILES string of the molecule is O=C(Nc1ccccn1)N1CCC2(C1)OCc1ccccc12. The van der Waals surface area contributed by atoms with Crippen molar-refractivity contribution in [2.24, 2.45) is 0 Å². The summed E-state index contributed by atoms with van der Waals surface area (Å²) in [6.45, 7) is 1.90. The zero-order valence-electron chi connectivity index (χ0n) is 12.2. The van der Waals surface area contributed by atoms with E-state index in [0.717, 1.165) is 6.42 Å². The van der Waals surface area contributed by atoms with Crippen LogP contribution in [0.2, 0.25) is 0 Å². The molecule has 112 valence electrons. The van der Waals surface area contributed by atoms with Crippen LogP contribution in [0, 0.1) is 0 Å². The Balaban J connectivity index is 1.50. The Kier molecular flexibility index (Phi) is 3.08. The van der Waals surface area contributed by atoms with Crippen molar-refractivity contribution in [3.63, 3.8) is 0 Å². The van der Waals surface area contributed by atoms with Crippen LogP contribution in [-0.4, -0.2) is 29.0 Å². The van der Waals surface area contributed by atoms with Gasteiger partial charge in [0.1, 0.15) is 11.4 Å². The first kappa shape index (κ1) is 13.3. The highest BCUT2D eigenvalue weighted by molar-refractivity contribution is 5.88. The summed E-state index contributed by atoms with van der Waals surface area (Å²) in [6.07, 6.45) is 2.50. The number of rotatable bonds is 1. The minimum Gasteiger partial charge on any atom is -0.364 e. The van der Waals surface area contributed by atoms with Gasteiger partial charge < -0.3 is 9.64 Å². The van der Waals surface area contributed by atoms with Crippen LogP contribution in [0.1, 0.15) is 17.5 Å². The normalized spacial score (nSPS) is 22.8. The second-order valence-corrected chi connectivity index (χ2v) is 5.76. The molecule has 3 heterocycles. The van der Waals surface area contributed by atoms with Gasteiger partial charge in [0.2, 0.25) is 0 Å². The van der Waals surface area contributed by atoms with Crippen molar-refractivity contribution in [2.45, 2.75) is 18.6 Å². The summed E-state index contributed by atoms with van der Waals surface area (Å²) in [5.41, 5.74) is 2.12. The minimum absolute atomic E-state index is 0.122. The van der Waals surface area contributed by atoms with Crippen molar-refractivity contribution < 1.29 is 9.53 Å². The Bertz CT molecular complexity index is 704. The smallest absolute Gasteiger partial charge is 0.323 e. The lowest BCUT2D eigenvalue weighted by atomic mass is 9.92. The van der Waals surface area contributed by atoms with Crippen LogP contribution in [0.15, 0.2) is 48.7 Å². The lowest BCUT2D eigenvalue weighted by molar-refractivity contribution is -0.0269. The van der Waals surface area contributed by atoms with Gasteiger partial charge >= 0.3 is 6.03 Å². The van der Waals surface area contributed by atoms with Crippen LogP contribution in [0.4, 0.5) is 10.6 Å². The van der Waals surface area contributed by atoms with Crippen LogP contribution in [0.25, 0.3) is 0 Å². The van der Waals surface area contributed by atoms with E-state index in [9.17, 15) is 4.79 Å². The quantitative estimate of drug-likeness (QED) is 0.880. The summed E-state index contributed by atoms with van der Waals surface area (Å²) < 4.78 is 6.07. The number of aromatic nitrogens is 1. The third-order valence-electron chi connectivity index (χ3n) is 4.43. The first-order valence-corrected chi connectivity index (χ1v) is 7.46. The van der Waals surface area contributed by atoms with Crippen molar-refractivity contribution >= 4 is 11.8 Å². The first-order chi connectivity index (χ1) is 10.8. The number of nitrogens with zero attached hydrogens (tertiary/aromatic N) is 2. The number of likely N-dealkylation sites (tertiary alicyclic amines) is 1. The largest absolute Gasteiger partial charge is 0.364 e. The van der Waals surface area contributed by atoms with Crippen LogP contribution in [0.3, 0.4) is 0 Å². The highest BCUT2D eigenvalue weighted by Crippen LogP contribution is 2.43. The summed E-state index contributed by atoms with van der Waals surface area (Å²) in [5, 5.41) is 2.83. The first-order valence-electron chi connectivity index (χ1n) is 7.46. The van der Waals surface area contributed by atoms with Crippen molar-refractivity contribution in [3.8, 4) is 0 Å². The number of nitrogens with one attached hydrogen (secondary N) is 1. The van der Waals surface area contributed by atoms with Gasteiger partial charge in [-0.05, 0) is 23.3 Å². The Morgan fingerprint density at radius 2 is 2.09 bits per heavy atom. The fraction of sp³-hybridized carbons (Fsp3) is 0.294. The summed E-state index contributed by atoms with van der Waals surface area (Å²) in [6, 6.07) is 13.6. The number of hydrogen-bond acceptors (Lipinski definition) is 3. The molecule has 0 aliphatic carbocycles. The van der Waals surface area contributed by atoms with E-state index in [1.54, 1.807) is 17.2 Å². The molecule has 1 aromatic carbocycles. The average molecular weight is 295 g/mol. The predicted octanol–water partition coefficient (Wildman–Crippen LogP) is 2.74. The molecule has 0 bridgehead atoms. The molecule has 1 atom stereocenters. The van der Waals surface area contributed by atoms with Crippen LogP contribution < -0.4 is 5.32 Å². The van der Waals surface area contributed by atoms with E-state index >= 15 is 0 Å². The summed E-state index contributed by atoms with van der Waals surface area (Å²) in [7, 11) is 0. The zero-order valence-corrected chi connectivity index (χ0v) is 12.2. The Hall–Kier alpha value is -2.40. The van der Waals surface area contributed by atoms with Crippen LogP contribution >= 0.6 is 0 Å². The molecule has 0 radical (unpaired) electrons. The average Bonchev–Trinajstić information content (AvgIpc) is 3.15. The molecule has 2 aromatic rings. The maximum absolute atomic E-state index is 12.4. The summed E-state index contributed by atoms with van der Waals surface area (Å²) in [4.78, 5) is 18.3. The minimum atomic E-state index is -0.335. The van der Waals surface area contributed by atoms with Gasteiger partial charge in [0, 0.05) is 19.2 Å². The van der Waals surface area contributed by atoms with Gasteiger partial charge in [-0.2, -0.15) is 0 Å². The van der Waals surface area contributed by atoms with Gasteiger partial charge in [0.05, 0.1) is 13.2 Å². The van der Waals surface area contributed by atoms with Gasteiger partial charge in [0.25, 0.3) is 0 Å². The van der Waals surface area contributed by atoms with Crippen molar-refractivity contribution in [3.05, 3.63) is 59.8 Å². The van der Waals surface area contributed by atoms with E-state index < -0.39 is 0 Å². The van der Waals surface area contributed by atoms with E-state index in [4.69, 9.17) is 4.74 Å². The second-order valence-electron chi connectivity index (χ2n) is 5.76. The van der Waals surface area contributed by atoms with E-state index in [1.165, 1.54) is 11.1 Å². The monoisotopic (exact) mass is 295 g/mol. The van der Waals surface area contributed by atoms with Crippen molar-refractivity contribution in [2.75, 3.05) is 18.4 Å². The van der Waals surface area contributed by atoms with E-state index in [1.807, 2.05) is 24.3 Å². The van der Waals surface area contributed by atoms with Gasteiger partial charge in [-0.15, -0.1) is 0 Å². The number of hydrogen-bond donors (Lipinski definition) is 1. The molecule has 2 aliphatic rings. The van der Waals surface area contributed by atoms with E-state index in [2.05, 4.69) is 22.4 Å². The number of pyridine rings is 1. The Morgan fingerprint density at radius 1 is 1.23 bits per heavy atom. The zero-order chi connectivity index (χ0) is 15.0. The molecule has 4 rings (SSSR count). The highest BCUT2D eigenvalue weighted by atomic mass is 16.5. The molecule has 1 spiro atoms. The molecule has 22 heavy (non-hydrogen) atoms. The Morgan fingerprint density at radius 3 is 2.95 bits per heavy atom.